The molecule has 1 N–H and O–H groups in total. The normalized spacial score (nSPS) is 12.2. The third-order valence-electron chi connectivity index (χ3n) is 3.10. The smallest absolute Gasteiger partial charge is 0.221 e. The molecule has 0 aliphatic rings. The monoisotopic (exact) mass is 301 g/mol. The Bertz CT molecular complexity index is 309. The standard InChI is InChI=1S/C14H28BNO3S/c1-13(2,16-12(18)6-11-20-15)8-10-19-14(3,4)7-5-9-17/h9H,5-8,10-11,15H2,1-4H3,(H,16,18). The zero-order valence-corrected chi connectivity index (χ0v) is 14.3. The molecule has 0 aromatic carbocycles. The highest BCUT2D eigenvalue weighted by molar-refractivity contribution is 8.19. The molecule has 6 heteroatoms. The topological polar surface area (TPSA) is 55.4 Å². The molecule has 0 aliphatic carbocycles. The van der Waals surface area contributed by atoms with E-state index < -0.39 is 0 Å². The van der Waals surface area contributed by atoms with E-state index in [1.807, 2.05) is 34.8 Å². The Morgan fingerprint density at radius 3 is 2.50 bits per heavy atom. The van der Waals surface area contributed by atoms with E-state index in [9.17, 15) is 9.59 Å². The Labute approximate surface area is 128 Å². The SMILES string of the molecule is BSCCC(=O)NC(C)(C)CCOC(C)(C)CCC=O. The van der Waals surface area contributed by atoms with Gasteiger partial charge in [0, 0.05) is 25.0 Å². The van der Waals surface area contributed by atoms with Crippen LogP contribution in [0.25, 0.3) is 0 Å². The highest BCUT2D eigenvalue weighted by atomic mass is 32.2. The van der Waals surface area contributed by atoms with Gasteiger partial charge in [0.2, 0.25) is 5.91 Å². The molecule has 0 atom stereocenters. The molecule has 20 heavy (non-hydrogen) atoms. The second-order valence-electron chi connectivity index (χ2n) is 6.24. The number of nitrogens with one attached hydrogen (secondary N) is 1. The zero-order chi connectivity index (χ0) is 15.6. The third kappa shape index (κ3) is 10.3. The number of hydrogen-bond acceptors (Lipinski definition) is 4. The van der Waals surface area contributed by atoms with Gasteiger partial charge in [-0.25, -0.2) is 11.6 Å². The van der Waals surface area contributed by atoms with Crippen molar-refractivity contribution in [2.24, 2.45) is 0 Å². The molecule has 0 saturated carbocycles. The number of rotatable bonds is 11. The first-order chi connectivity index (χ1) is 9.22. The summed E-state index contributed by atoms with van der Waals surface area (Å²) < 4.78 is 5.82. The van der Waals surface area contributed by atoms with Gasteiger partial charge in [0.25, 0.3) is 0 Å². The second-order valence-corrected chi connectivity index (χ2v) is 7.22. The van der Waals surface area contributed by atoms with Gasteiger partial charge < -0.3 is 14.8 Å². The second kappa shape index (κ2) is 9.45. The van der Waals surface area contributed by atoms with Crippen LogP contribution in [0.3, 0.4) is 0 Å². The summed E-state index contributed by atoms with van der Waals surface area (Å²) in [5.41, 5.74) is -0.559. The van der Waals surface area contributed by atoms with Crippen LogP contribution in [-0.2, 0) is 14.3 Å². The molecule has 0 spiro atoms. The minimum atomic E-state index is -0.292. The maximum absolute atomic E-state index is 11.7. The summed E-state index contributed by atoms with van der Waals surface area (Å²) in [6, 6.07) is 0. The molecule has 116 valence electrons. The lowest BCUT2D eigenvalue weighted by atomic mass is 10.00. The molecular formula is C14H28BNO3S. The van der Waals surface area contributed by atoms with Gasteiger partial charge in [0.05, 0.1) is 5.60 Å². The first-order valence-electron chi connectivity index (χ1n) is 7.10. The van der Waals surface area contributed by atoms with Gasteiger partial charge in [-0.15, -0.1) is 0 Å². The highest BCUT2D eigenvalue weighted by Crippen LogP contribution is 2.18. The van der Waals surface area contributed by atoms with E-state index in [0.717, 1.165) is 24.9 Å². The van der Waals surface area contributed by atoms with Crippen LogP contribution in [0.15, 0.2) is 0 Å². The molecule has 0 aromatic rings. The van der Waals surface area contributed by atoms with Crippen LogP contribution in [0.2, 0.25) is 0 Å². The molecule has 0 heterocycles. The lowest BCUT2D eigenvalue weighted by Crippen LogP contribution is -2.44. The summed E-state index contributed by atoms with van der Waals surface area (Å²) in [6.45, 7) is 8.56. The molecule has 4 nitrogen and oxygen atoms in total. The summed E-state index contributed by atoms with van der Waals surface area (Å²) in [4.78, 5) is 22.1. The van der Waals surface area contributed by atoms with Crippen molar-refractivity contribution in [3.63, 3.8) is 0 Å². The van der Waals surface area contributed by atoms with Gasteiger partial charge in [0.1, 0.15) is 6.29 Å². The zero-order valence-electron chi connectivity index (χ0n) is 13.5. The largest absolute Gasteiger partial charge is 0.375 e. The van der Waals surface area contributed by atoms with Crippen LogP contribution in [0.4, 0.5) is 0 Å². The Balaban J connectivity index is 4.02. The lowest BCUT2D eigenvalue weighted by molar-refractivity contribution is -0.122. The molecule has 0 fully saturated rings. The van der Waals surface area contributed by atoms with E-state index in [2.05, 4.69) is 5.32 Å². The Hall–Kier alpha value is -0.485. The van der Waals surface area contributed by atoms with Gasteiger partial charge in [-0.05, 0) is 46.3 Å². The average Bonchev–Trinajstić information content (AvgIpc) is 2.32. The van der Waals surface area contributed by atoms with Crippen molar-refractivity contribution >= 4 is 30.9 Å². The van der Waals surface area contributed by atoms with E-state index in [4.69, 9.17) is 4.74 Å². The molecule has 0 saturated heterocycles. The number of carbonyl (C=O) groups excluding carboxylic acids is 2. The van der Waals surface area contributed by atoms with E-state index in [0.29, 0.717) is 19.4 Å². The molecule has 0 unspecified atom stereocenters. The maximum atomic E-state index is 11.7. The van der Waals surface area contributed by atoms with E-state index in [1.54, 1.807) is 11.6 Å². The van der Waals surface area contributed by atoms with Crippen LogP contribution < -0.4 is 5.32 Å². The number of hydrogen-bond donors (Lipinski definition) is 1. The molecule has 0 aliphatic heterocycles. The molecular weight excluding hydrogens is 273 g/mol. The number of carbonyl (C=O) groups is 2. The van der Waals surface area contributed by atoms with E-state index >= 15 is 0 Å². The van der Waals surface area contributed by atoms with Crippen LogP contribution in [0, 0.1) is 0 Å². The van der Waals surface area contributed by atoms with Crippen molar-refractivity contribution in [3.05, 3.63) is 0 Å². The predicted octanol–water partition coefficient (Wildman–Crippen LogP) is 1.72. The highest BCUT2D eigenvalue weighted by Gasteiger charge is 2.23. The molecule has 0 radical (unpaired) electrons. The minimum absolute atomic E-state index is 0.0876. The van der Waals surface area contributed by atoms with Gasteiger partial charge >= 0.3 is 0 Å². The van der Waals surface area contributed by atoms with E-state index in [-0.39, 0.29) is 17.0 Å². The minimum Gasteiger partial charge on any atom is -0.375 e. The predicted molar refractivity (Wildman–Crippen MR) is 87.8 cm³/mol. The fourth-order valence-corrected chi connectivity index (χ4v) is 2.15. The Morgan fingerprint density at radius 2 is 1.95 bits per heavy atom. The Morgan fingerprint density at radius 1 is 1.30 bits per heavy atom. The summed E-state index contributed by atoms with van der Waals surface area (Å²) in [7, 11) is 1.99. The van der Waals surface area contributed by atoms with Crippen LogP contribution >= 0.6 is 11.6 Å². The first kappa shape index (κ1) is 19.5. The average molecular weight is 301 g/mol. The van der Waals surface area contributed by atoms with Crippen molar-refractivity contribution in [2.75, 3.05) is 12.4 Å². The van der Waals surface area contributed by atoms with Gasteiger partial charge in [0.15, 0.2) is 7.12 Å². The Kier molecular flexibility index (Phi) is 9.22. The molecule has 0 bridgehead atoms. The quantitative estimate of drug-likeness (QED) is 0.466. The van der Waals surface area contributed by atoms with Crippen LogP contribution in [0.5, 0.6) is 0 Å². The fraction of sp³-hybridized carbons (Fsp3) is 0.857. The van der Waals surface area contributed by atoms with Crippen molar-refractivity contribution < 1.29 is 14.3 Å². The number of aldehydes is 1. The summed E-state index contributed by atoms with van der Waals surface area (Å²) >= 11 is 1.67. The molecule has 1 amide bonds. The molecule has 0 aromatic heterocycles. The third-order valence-corrected chi connectivity index (χ3v) is 3.71. The summed E-state index contributed by atoms with van der Waals surface area (Å²) in [5, 5.41) is 3.03. The van der Waals surface area contributed by atoms with Crippen molar-refractivity contribution in [1.29, 1.82) is 0 Å². The number of ether oxygens (including phenoxy) is 1. The first-order valence-corrected chi connectivity index (χ1v) is 8.49. The summed E-state index contributed by atoms with van der Waals surface area (Å²) in [5.74, 6) is 0.932. The van der Waals surface area contributed by atoms with Gasteiger partial charge in [-0.1, -0.05) is 0 Å². The fourth-order valence-electron chi connectivity index (χ4n) is 1.76. The number of amides is 1. The van der Waals surface area contributed by atoms with E-state index in [1.165, 1.54) is 0 Å². The molecule has 0 rings (SSSR count). The van der Waals surface area contributed by atoms with Crippen LogP contribution in [0.1, 0.15) is 53.4 Å². The van der Waals surface area contributed by atoms with Crippen molar-refractivity contribution in [3.8, 4) is 0 Å². The van der Waals surface area contributed by atoms with Crippen molar-refractivity contribution in [2.45, 2.75) is 64.5 Å². The summed E-state index contributed by atoms with van der Waals surface area (Å²) in [6.07, 6.45) is 3.46. The van der Waals surface area contributed by atoms with Crippen molar-refractivity contribution in [1.82, 2.24) is 5.32 Å². The van der Waals surface area contributed by atoms with Gasteiger partial charge in [-0.3, -0.25) is 4.79 Å². The maximum Gasteiger partial charge on any atom is 0.221 e. The van der Waals surface area contributed by atoms with Gasteiger partial charge in [-0.2, -0.15) is 0 Å². The van der Waals surface area contributed by atoms with Crippen LogP contribution in [-0.4, -0.2) is 42.8 Å². The lowest BCUT2D eigenvalue weighted by Gasteiger charge is -2.30.